The Labute approximate surface area is 137 Å². The van der Waals surface area contributed by atoms with Crippen molar-refractivity contribution in [2.24, 2.45) is 0 Å². The molecule has 0 aliphatic carbocycles. The molecule has 1 aromatic carbocycles. The fraction of sp³-hybridized carbons (Fsp3) is 0.667. The van der Waals surface area contributed by atoms with Gasteiger partial charge in [-0.1, -0.05) is 39.0 Å². The van der Waals surface area contributed by atoms with Gasteiger partial charge in [0.25, 0.3) is 0 Å². The van der Waals surface area contributed by atoms with Gasteiger partial charge in [-0.15, -0.1) is 0 Å². The molecule has 5 heteroatoms. The van der Waals surface area contributed by atoms with E-state index in [1.54, 1.807) is 4.90 Å². The molecule has 0 bridgehead atoms. The molecule has 0 radical (unpaired) electrons. The van der Waals surface area contributed by atoms with E-state index in [4.69, 9.17) is 0 Å². The van der Waals surface area contributed by atoms with E-state index in [1.165, 1.54) is 11.1 Å². The smallest absolute Gasteiger partial charge is 0.300 e. The molecule has 1 aliphatic heterocycles. The summed E-state index contributed by atoms with van der Waals surface area (Å²) in [7, 11) is 0. The zero-order chi connectivity index (χ0) is 17.0. The number of alkyl halides is 3. The molecule has 23 heavy (non-hydrogen) atoms. The van der Waals surface area contributed by atoms with Crippen LogP contribution in [0, 0.1) is 0 Å². The van der Waals surface area contributed by atoms with Gasteiger partial charge in [-0.05, 0) is 42.6 Å². The topological polar surface area (TPSA) is 6.48 Å². The van der Waals surface area contributed by atoms with Crippen LogP contribution in [0.3, 0.4) is 0 Å². The van der Waals surface area contributed by atoms with Gasteiger partial charge in [0.2, 0.25) is 0 Å². The third-order valence-corrected chi connectivity index (χ3v) is 4.75. The zero-order valence-electron chi connectivity index (χ0n) is 14.3. The van der Waals surface area contributed by atoms with Crippen molar-refractivity contribution in [3.05, 3.63) is 34.9 Å². The van der Waals surface area contributed by atoms with Gasteiger partial charge >= 0.3 is 6.18 Å². The van der Waals surface area contributed by atoms with Crippen LogP contribution in [-0.4, -0.2) is 42.2 Å². The molecule has 1 unspecified atom stereocenters. The van der Waals surface area contributed by atoms with Gasteiger partial charge in [-0.25, -0.2) is 0 Å². The van der Waals surface area contributed by atoms with Gasteiger partial charge in [0, 0.05) is 19.1 Å². The van der Waals surface area contributed by atoms with Crippen molar-refractivity contribution in [2.45, 2.75) is 52.4 Å². The molecule has 1 aromatic rings. The lowest BCUT2D eigenvalue weighted by Gasteiger charge is -2.37. The second-order valence-electron chi connectivity index (χ2n) is 6.25. The highest BCUT2D eigenvalue weighted by molar-refractivity contribution is 5.36. The normalized spacial score (nSPS) is 19.2. The predicted molar refractivity (Wildman–Crippen MR) is 87.4 cm³/mol. The first-order chi connectivity index (χ1) is 10.9. The standard InChI is InChI=1S/C18H27F3N2/c1-4-17-16-8-7-14(12-22(5-2)6-3)11-15(16)9-10-23(17)13-18(19,20)21/h7-8,11,17H,4-6,9-10,12-13H2,1-3H3. The maximum Gasteiger partial charge on any atom is 0.401 e. The summed E-state index contributed by atoms with van der Waals surface area (Å²) in [5.41, 5.74) is 3.55. The van der Waals surface area contributed by atoms with E-state index in [-0.39, 0.29) is 6.04 Å². The van der Waals surface area contributed by atoms with E-state index in [2.05, 4.69) is 30.9 Å². The third-order valence-electron chi connectivity index (χ3n) is 4.75. The van der Waals surface area contributed by atoms with Crippen LogP contribution in [0.2, 0.25) is 0 Å². The quantitative estimate of drug-likeness (QED) is 0.764. The van der Waals surface area contributed by atoms with Crippen molar-refractivity contribution < 1.29 is 13.2 Å². The average Bonchev–Trinajstić information content (AvgIpc) is 2.51. The van der Waals surface area contributed by atoms with Gasteiger partial charge in [-0.2, -0.15) is 13.2 Å². The first-order valence-electron chi connectivity index (χ1n) is 8.52. The summed E-state index contributed by atoms with van der Waals surface area (Å²) in [6, 6.07) is 6.20. The molecule has 0 N–H and O–H groups in total. The van der Waals surface area contributed by atoms with Crippen molar-refractivity contribution in [1.82, 2.24) is 9.80 Å². The summed E-state index contributed by atoms with van der Waals surface area (Å²) in [5.74, 6) is 0. The molecular formula is C18H27F3N2. The summed E-state index contributed by atoms with van der Waals surface area (Å²) in [6.45, 7) is 8.84. The molecule has 0 saturated carbocycles. The second kappa shape index (κ2) is 7.67. The highest BCUT2D eigenvalue weighted by Crippen LogP contribution is 2.34. The minimum Gasteiger partial charge on any atom is -0.300 e. The molecule has 0 aromatic heterocycles. The number of rotatable bonds is 6. The minimum atomic E-state index is -4.13. The van der Waals surface area contributed by atoms with Crippen LogP contribution in [-0.2, 0) is 13.0 Å². The summed E-state index contributed by atoms with van der Waals surface area (Å²) in [4.78, 5) is 3.92. The van der Waals surface area contributed by atoms with Crippen LogP contribution >= 0.6 is 0 Å². The Balaban J connectivity index is 2.19. The summed E-state index contributed by atoms with van der Waals surface area (Å²) >= 11 is 0. The molecule has 0 saturated heterocycles. The van der Waals surface area contributed by atoms with Crippen molar-refractivity contribution >= 4 is 0 Å². The predicted octanol–water partition coefficient (Wildman–Crippen LogP) is 4.40. The van der Waals surface area contributed by atoms with Crippen molar-refractivity contribution in [3.8, 4) is 0 Å². The van der Waals surface area contributed by atoms with Gasteiger partial charge in [0.05, 0.1) is 6.54 Å². The monoisotopic (exact) mass is 328 g/mol. The number of nitrogens with zero attached hydrogens (tertiary/aromatic N) is 2. The number of hydrogen-bond acceptors (Lipinski definition) is 2. The highest BCUT2D eigenvalue weighted by atomic mass is 19.4. The number of halogens is 3. The Kier molecular flexibility index (Phi) is 6.09. The van der Waals surface area contributed by atoms with Gasteiger partial charge in [0.1, 0.15) is 0 Å². The SMILES string of the molecule is CCC1c2ccc(CN(CC)CC)cc2CCN1CC(F)(F)F. The van der Waals surface area contributed by atoms with E-state index >= 15 is 0 Å². The zero-order valence-corrected chi connectivity index (χ0v) is 14.3. The highest BCUT2D eigenvalue weighted by Gasteiger charge is 2.36. The fourth-order valence-electron chi connectivity index (χ4n) is 3.52. The number of benzene rings is 1. The van der Waals surface area contributed by atoms with Gasteiger partial charge < -0.3 is 0 Å². The minimum absolute atomic E-state index is 0.122. The molecule has 2 nitrogen and oxygen atoms in total. The maximum atomic E-state index is 12.8. The van der Waals surface area contributed by atoms with E-state index in [1.807, 2.05) is 13.0 Å². The molecule has 1 aliphatic rings. The molecule has 1 atom stereocenters. The van der Waals surface area contributed by atoms with Crippen LogP contribution in [0.4, 0.5) is 13.2 Å². The van der Waals surface area contributed by atoms with Crippen LogP contribution in [0.1, 0.15) is 49.9 Å². The summed E-state index contributed by atoms with van der Waals surface area (Å²) in [5, 5.41) is 0. The Morgan fingerprint density at radius 3 is 2.43 bits per heavy atom. The Hall–Kier alpha value is -1.07. The number of hydrogen-bond donors (Lipinski definition) is 0. The molecule has 1 heterocycles. The van der Waals surface area contributed by atoms with E-state index in [0.29, 0.717) is 19.4 Å². The van der Waals surface area contributed by atoms with Crippen LogP contribution in [0.15, 0.2) is 18.2 Å². The summed E-state index contributed by atoms with van der Waals surface area (Å²) < 4.78 is 38.3. The molecular weight excluding hydrogens is 301 g/mol. The van der Waals surface area contributed by atoms with E-state index in [0.717, 1.165) is 25.2 Å². The first kappa shape index (κ1) is 18.3. The van der Waals surface area contributed by atoms with Gasteiger partial charge in [-0.3, -0.25) is 9.80 Å². The molecule has 130 valence electrons. The lowest BCUT2D eigenvalue weighted by molar-refractivity contribution is -0.152. The van der Waals surface area contributed by atoms with Crippen LogP contribution < -0.4 is 0 Å². The van der Waals surface area contributed by atoms with Gasteiger partial charge in [0.15, 0.2) is 0 Å². The van der Waals surface area contributed by atoms with Crippen LogP contribution in [0.5, 0.6) is 0 Å². The van der Waals surface area contributed by atoms with Crippen molar-refractivity contribution in [2.75, 3.05) is 26.2 Å². The lowest BCUT2D eigenvalue weighted by atomic mass is 9.89. The van der Waals surface area contributed by atoms with E-state index in [9.17, 15) is 13.2 Å². The number of fused-ring (bicyclic) bond motifs is 1. The summed E-state index contributed by atoms with van der Waals surface area (Å²) in [6.07, 6.45) is -2.72. The maximum absolute atomic E-state index is 12.8. The fourth-order valence-corrected chi connectivity index (χ4v) is 3.52. The lowest BCUT2D eigenvalue weighted by Crippen LogP contribution is -2.41. The molecule has 0 fully saturated rings. The first-order valence-corrected chi connectivity index (χ1v) is 8.52. The third kappa shape index (κ3) is 4.70. The van der Waals surface area contributed by atoms with Crippen LogP contribution in [0.25, 0.3) is 0 Å². The van der Waals surface area contributed by atoms with Crippen molar-refractivity contribution in [3.63, 3.8) is 0 Å². The molecule has 0 amide bonds. The largest absolute Gasteiger partial charge is 0.401 e. The Morgan fingerprint density at radius 2 is 1.87 bits per heavy atom. The second-order valence-corrected chi connectivity index (χ2v) is 6.25. The Bertz CT molecular complexity index is 509. The Morgan fingerprint density at radius 1 is 1.17 bits per heavy atom. The molecule has 2 rings (SSSR count). The van der Waals surface area contributed by atoms with E-state index < -0.39 is 12.7 Å². The molecule has 0 spiro atoms. The van der Waals surface area contributed by atoms with Crippen molar-refractivity contribution in [1.29, 1.82) is 0 Å². The average molecular weight is 328 g/mol.